The molecule has 0 aliphatic heterocycles. The molecule has 22 heteroatoms. The molecular weight excluding hydrogens is 573 g/mol. The van der Waals surface area contributed by atoms with Crippen molar-refractivity contribution in [1.29, 1.82) is 0 Å². The fraction of sp³-hybridized carbons (Fsp3) is 1.00. The van der Waals surface area contributed by atoms with E-state index in [1.54, 1.807) is 0 Å². The summed E-state index contributed by atoms with van der Waals surface area (Å²) in [5.41, 5.74) is 0. The number of hydrogen-bond acceptors (Lipinski definition) is 3. The van der Waals surface area contributed by atoms with Gasteiger partial charge in [-0.2, -0.15) is 0 Å². The number of rotatable bonds is 6. The average Bonchev–Trinajstić information content (AvgIpc) is 2.37. The van der Waals surface area contributed by atoms with Gasteiger partial charge in [0, 0.05) is 0 Å². The van der Waals surface area contributed by atoms with Crippen LogP contribution in [0.15, 0.2) is 0 Å². The van der Waals surface area contributed by atoms with Crippen molar-refractivity contribution in [2.24, 2.45) is 0 Å². The molecule has 0 fully saturated rings. The molecule has 188 valence electrons. The third kappa shape index (κ3) is 9.68. The van der Waals surface area contributed by atoms with Crippen molar-refractivity contribution < 1.29 is 90.2 Å². The molecule has 0 atom stereocenters. The van der Waals surface area contributed by atoms with Gasteiger partial charge in [0.1, 0.15) is 0 Å². The third-order valence-corrected chi connectivity index (χ3v) is 4.77. The molecule has 0 spiro atoms. The Kier molecular flexibility index (Phi) is 8.96. The molecule has 0 unspecified atom stereocenters. The number of hydrogen-bond donors (Lipinski definition) is 0. The van der Waals surface area contributed by atoms with Crippen LogP contribution in [-0.2, 0) is 11.2 Å². The van der Waals surface area contributed by atoms with E-state index in [-0.39, 0.29) is 0 Å². The van der Waals surface area contributed by atoms with E-state index in [9.17, 15) is 79.0 Å². The van der Waals surface area contributed by atoms with Crippen molar-refractivity contribution in [1.82, 2.24) is 0 Å². The molecule has 0 saturated heterocycles. The Morgan fingerprint density at radius 1 is 0.323 bits per heavy atom. The Balaban J connectivity index is 6.36. The quantitative estimate of drug-likeness (QED) is 0.309. The fourth-order valence-corrected chi connectivity index (χ4v) is 4.15. The van der Waals surface area contributed by atoms with Gasteiger partial charge in [-0.25, -0.2) is 0 Å². The first kappa shape index (κ1) is 30.2. The maximum absolute atomic E-state index is 12.4. The van der Waals surface area contributed by atoms with Crippen LogP contribution in [0.5, 0.6) is 0 Å². The van der Waals surface area contributed by atoms with Crippen molar-refractivity contribution in [3.63, 3.8) is 0 Å². The van der Waals surface area contributed by atoms with Crippen LogP contribution in [0.3, 0.4) is 0 Å². The monoisotopic (exact) mass is 576 g/mol. The molecule has 0 aromatic heterocycles. The molecule has 0 bridgehead atoms. The van der Waals surface area contributed by atoms with E-state index in [0.717, 1.165) is 0 Å². The molecule has 31 heavy (non-hydrogen) atoms. The summed E-state index contributed by atoms with van der Waals surface area (Å²) in [7, 11) is 0. The Hall–Kier alpha value is -0.822. The fourth-order valence-electron chi connectivity index (χ4n) is 1.25. The van der Waals surface area contributed by atoms with Crippen LogP contribution in [0.4, 0.5) is 79.0 Å². The van der Waals surface area contributed by atoms with Crippen molar-refractivity contribution in [3.8, 4) is 0 Å². The molecule has 0 aromatic rings. The van der Waals surface area contributed by atoms with Crippen LogP contribution in [0.2, 0.25) is 0 Å². The predicted molar refractivity (Wildman–Crippen MR) is 56.7 cm³/mol. The molecule has 0 rings (SSSR count). The van der Waals surface area contributed by atoms with Gasteiger partial charge in [0.2, 0.25) is 0 Å². The van der Waals surface area contributed by atoms with Gasteiger partial charge < -0.3 is 0 Å². The summed E-state index contributed by atoms with van der Waals surface area (Å²) in [6.07, 6.45) is -56.9. The van der Waals surface area contributed by atoms with Gasteiger partial charge in [0.15, 0.2) is 0 Å². The van der Waals surface area contributed by atoms with E-state index < -0.39 is 71.0 Å². The Bertz CT molecular complexity index is 444. The molecule has 0 N–H and O–H groups in total. The average molecular weight is 576 g/mol. The molecular formula is C9H3AsF18O3. The Morgan fingerprint density at radius 2 is 0.452 bits per heavy atom. The van der Waals surface area contributed by atoms with Gasteiger partial charge in [0.05, 0.1) is 0 Å². The van der Waals surface area contributed by atoms with E-state index in [1.807, 2.05) is 0 Å². The van der Waals surface area contributed by atoms with Crippen LogP contribution in [0.1, 0.15) is 0 Å². The predicted octanol–water partition coefficient (Wildman–Crippen LogP) is 5.50. The summed E-state index contributed by atoms with van der Waals surface area (Å²) < 4.78 is 231. The van der Waals surface area contributed by atoms with Crippen LogP contribution in [0.25, 0.3) is 0 Å². The standard InChI is InChI=1S/C9H3AsF18O3/c11-4(12,13)1(5(14,15)16)29-10(30-2(6(17,18)19)7(20,21)22)31-3(8(23,24)25)9(26,27)28/h1-3H. The van der Waals surface area contributed by atoms with Crippen molar-refractivity contribution in [2.45, 2.75) is 55.4 Å². The minimum atomic E-state index is -6.91. The van der Waals surface area contributed by atoms with Crippen molar-refractivity contribution >= 4 is 15.7 Å². The molecule has 0 amide bonds. The summed E-state index contributed by atoms with van der Waals surface area (Å²) in [5.74, 6) is 0. The maximum atomic E-state index is 12.4. The first-order valence-electron chi connectivity index (χ1n) is 6.39. The topological polar surface area (TPSA) is 27.7 Å². The minimum absolute atomic E-state index is 2.67. The summed E-state index contributed by atoms with van der Waals surface area (Å²) in [4.78, 5) is 0. The second-order valence-corrected chi connectivity index (χ2v) is 7.19. The van der Waals surface area contributed by atoms with Gasteiger partial charge in [-0.3, -0.25) is 0 Å². The van der Waals surface area contributed by atoms with Crippen LogP contribution >= 0.6 is 0 Å². The van der Waals surface area contributed by atoms with E-state index in [0.29, 0.717) is 0 Å². The summed E-state index contributed by atoms with van der Waals surface area (Å²) >= 11 is -6.91. The first-order valence-corrected chi connectivity index (χ1v) is 8.69. The Labute approximate surface area is 162 Å². The zero-order valence-corrected chi connectivity index (χ0v) is 15.1. The van der Waals surface area contributed by atoms with Gasteiger partial charge in [0.25, 0.3) is 0 Å². The second-order valence-electron chi connectivity index (χ2n) is 4.93. The van der Waals surface area contributed by atoms with E-state index in [4.69, 9.17) is 0 Å². The van der Waals surface area contributed by atoms with Crippen LogP contribution in [0, 0.1) is 0 Å². The van der Waals surface area contributed by atoms with Gasteiger partial charge >= 0.3 is 161 Å². The normalized spacial score (nSPS) is 15.7. The van der Waals surface area contributed by atoms with E-state index in [2.05, 4.69) is 11.2 Å². The zero-order valence-electron chi connectivity index (χ0n) is 13.2. The van der Waals surface area contributed by atoms with Gasteiger partial charge in [-0.15, -0.1) is 0 Å². The number of halogens is 18. The molecule has 0 aromatic carbocycles. The summed E-state index contributed by atoms with van der Waals surface area (Å²) in [5, 5.41) is 0. The van der Waals surface area contributed by atoms with E-state index in [1.165, 1.54) is 0 Å². The number of alkyl halides is 18. The molecule has 0 heterocycles. The SMILES string of the molecule is FC(F)(F)C(O[As](OC(C(F)(F)F)C(F)(F)F)OC(C(F)(F)F)C(F)(F)F)C(F)(F)F. The van der Waals surface area contributed by atoms with Crippen molar-refractivity contribution in [3.05, 3.63) is 0 Å². The first-order chi connectivity index (χ1) is 13.2. The van der Waals surface area contributed by atoms with Gasteiger partial charge in [-0.1, -0.05) is 0 Å². The van der Waals surface area contributed by atoms with Crippen LogP contribution < -0.4 is 0 Å². The third-order valence-electron chi connectivity index (χ3n) is 2.36. The molecule has 3 nitrogen and oxygen atoms in total. The molecule has 0 aliphatic carbocycles. The second kappa shape index (κ2) is 9.20. The van der Waals surface area contributed by atoms with Gasteiger partial charge in [-0.05, 0) is 0 Å². The zero-order chi connectivity index (χ0) is 25.4. The van der Waals surface area contributed by atoms with E-state index >= 15 is 0 Å². The van der Waals surface area contributed by atoms with Crippen LogP contribution in [-0.4, -0.2) is 71.0 Å². The molecule has 0 aliphatic rings. The molecule has 0 radical (unpaired) electrons. The summed E-state index contributed by atoms with van der Waals surface area (Å²) in [6, 6.07) is 0. The Morgan fingerprint density at radius 3 is 0.548 bits per heavy atom. The summed E-state index contributed by atoms with van der Waals surface area (Å²) in [6.45, 7) is 0. The molecule has 0 saturated carbocycles. The van der Waals surface area contributed by atoms with Crippen molar-refractivity contribution in [2.75, 3.05) is 0 Å².